The summed E-state index contributed by atoms with van der Waals surface area (Å²) in [5.74, 6) is -0.0464. The zero-order valence-electron chi connectivity index (χ0n) is 14.3. The van der Waals surface area contributed by atoms with Crippen LogP contribution in [-0.2, 0) is 4.79 Å². The summed E-state index contributed by atoms with van der Waals surface area (Å²) in [7, 11) is 3.00. The van der Waals surface area contributed by atoms with E-state index in [2.05, 4.69) is 10.5 Å². The predicted molar refractivity (Wildman–Crippen MR) is 94.2 cm³/mol. The van der Waals surface area contributed by atoms with Gasteiger partial charge in [-0.25, -0.2) is 10.2 Å². The van der Waals surface area contributed by atoms with Gasteiger partial charge < -0.3 is 19.3 Å². The number of carbonyl (C=O) groups is 2. The summed E-state index contributed by atoms with van der Waals surface area (Å²) in [4.78, 5) is 22.5. The Morgan fingerprint density at radius 2 is 1.77 bits per heavy atom. The third-order valence-corrected chi connectivity index (χ3v) is 3.27. The van der Waals surface area contributed by atoms with E-state index in [-0.39, 0.29) is 0 Å². The first kappa shape index (κ1) is 18.8. The van der Waals surface area contributed by atoms with Crippen molar-refractivity contribution in [3.63, 3.8) is 0 Å². The van der Waals surface area contributed by atoms with Crippen molar-refractivity contribution in [2.45, 2.75) is 0 Å². The summed E-state index contributed by atoms with van der Waals surface area (Å²) in [5, 5.41) is 12.4. The van der Waals surface area contributed by atoms with Gasteiger partial charge >= 0.3 is 5.97 Å². The summed E-state index contributed by atoms with van der Waals surface area (Å²) in [5.41, 5.74) is 3.50. The van der Waals surface area contributed by atoms with E-state index in [0.29, 0.717) is 28.4 Å². The van der Waals surface area contributed by atoms with Crippen molar-refractivity contribution in [2.75, 3.05) is 20.8 Å². The minimum absolute atomic E-state index is 0.372. The van der Waals surface area contributed by atoms with Gasteiger partial charge in [0.15, 0.2) is 18.1 Å². The summed E-state index contributed by atoms with van der Waals surface area (Å²) >= 11 is 0. The normalized spacial score (nSPS) is 10.4. The topological polar surface area (TPSA) is 106 Å². The molecule has 0 fully saturated rings. The maximum Gasteiger partial charge on any atom is 0.341 e. The van der Waals surface area contributed by atoms with E-state index in [0.717, 1.165) is 0 Å². The van der Waals surface area contributed by atoms with Crippen LogP contribution in [0.3, 0.4) is 0 Å². The number of ether oxygens (including phenoxy) is 3. The Bertz CT molecular complexity index is 802. The smallest absolute Gasteiger partial charge is 0.341 e. The lowest BCUT2D eigenvalue weighted by molar-refractivity contribution is -0.139. The molecule has 26 heavy (non-hydrogen) atoms. The number of methoxy groups -OCH3 is 2. The van der Waals surface area contributed by atoms with Crippen LogP contribution in [0, 0.1) is 0 Å². The van der Waals surface area contributed by atoms with Gasteiger partial charge in [-0.05, 0) is 48.0 Å². The lowest BCUT2D eigenvalue weighted by Gasteiger charge is -2.08. The highest BCUT2D eigenvalue weighted by atomic mass is 16.5. The molecule has 8 nitrogen and oxygen atoms in total. The van der Waals surface area contributed by atoms with Crippen LogP contribution in [0.2, 0.25) is 0 Å². The fourth-order valence-corrected chi connectivity index (χ4v) is 2.00. The molecule has 0 aliphatic heterocycles. The van der Waals surface area contributed by atoms with Crippen LogP contribution in [-0.4, -0.2) is 44.0 Å². The molecule has 2 N–H and O–H groups in total. The number of benzene rings is 2. The molecule has 0 heterocycles. The molecule has 8 heteroatoms. The maximum atomic E-state index is 12.1. The molecule has 0 spiro atoms. The van der Waals surface area contributed by atoms with Crippen LogP contribution in [0.5, 0.6) is 17.2 Å². The van der Waals surface area contributed by atoms with Crippen molar-refractivity contribution in [1.82, 2.24) is 5.43 Å². The first-order valence-electron chi connectivity index (χ1n) is 7.53. The second kappa shape index (κ2) is 9.07. The van der Waals surface area contributed by atoms with Gasteiger partial charge in [0.05, 0.1) is 20.4 Å². The quantitative estimate of drug-likeness (QED) is 0.552. The van der Waals surface area contributed by atoms with E-state index in [4.69, 9.17) is 19.3 Å². The van der Waals surface area contributed by atoms with Gasteiger partial charge in [0.1, 0.15) is 5.75 Å². The van der Waals surface area contributed by atoms with Gasteiger partial charge in [-0.2, -0.15) is 5.10 Å². The molecule has 2 aromatic carbocycles. The lowest BCUT2D eigenvalue weighted by atomic mass is 10.2. The molecule has 0 saturated heterocycles. The van der Waals surface area contributed by atoms with E-state index in [1.165, 1.54) is 20.4 Å². The highest BCUT2D eigenvalue weighted by Gasteiger charge is 2.09. The number of carboxylic acid groups (broad SMARTS) is 1. The number of aliphatic carboxylic acids is 1. The van der Waals surface area contributed by atoms with E-state index >= 15 is 0 Å². The van der Waals surface area contributed by atoms with Gasteiger partial charge in [0.25, 0.3) is 5.91 Å². The van der Waals surface area contributed by atoms with Crippen molar-refractivity contribution in [3.05, 3.63) is 53.6 Å². The Hall–Kier alpha value is -3.55. The van der Waals surface area contributed by atoms with Crippen molar-refractivity contribution < 1.29 is 28.9 Å². The standard InChI is InChI=1S/C18H18N2O6/c1-24-15-8-5-13(9-16(15)25-2)18(23)20-19-10-12-3-6-14(7-4-12)26-11-17(21)22/h3-10H,11H2,1-2H3,(H,20,23)(H,21,22)/b19-10-. The monoisotopic (exact) mass is 358 g/mol. The average Bonchev–Trinajstić information content (AvgIpc) is 2.66. The van der Waals surface area contributed by atoms with Gasteiger partial charge in [0, 0.05) is 5.56 Å². The Morgan fingerprint density at radius 3 is 2.38 bits per heavy atom. The van der Waals surface area contributed by atoms with Crippen molar-refractivity contribution in [3.8, 4) is 17.2 Å². The molecular formula is C18H18N2O6. The largest absolute Gasteiger partial charge is 0.493 e. The highest BCUT2D eigenvalue weighted by Crippen LogP contribution is 2.27. The predicted octanol–water partition coefficient (Wildman–Crippen LogP) is 1.93. The molecule has 2 rings (SSSR count). The average molecular weight is 358 g/mol. The Morgan fingerprint density at radius 1 is 1.08 bits per heavy atom. The van der Waals surface area contributed by atoms with Crippen LogP contribution in [0.25, 0.3) is 0 Å². The number of carbonyl (C=O) groups excluding carboxylic acids is 1. The molecule has 0 aliphatic carbocycles. The fraction of sp³-hybridized carbons (Fsp3) is 0.167. The molecule has 0 radical (unpaired) electrons. The van der Waals surface area contributed by atoms with Gasteiger partial charge in [-0.1, -0.05) is 0 Å². The van der Waals surface area contributed by atoms with Gasteiger partial charge in [-0.3, -0.25) is 4.79 Å². The Kier molecular flexibility index (Phi) is 6.55. The molecular weight excluding hydrogens is 340 g/mol. The first-order chi connectivity index (χ1) is 12.5. The van der Waals surface area contributed by atoms with Crippen molar-refractivity contribution in [1.29, 1.82) is 0 Å². The van der Waals surface area contributed by atoms with E-state index in [1.54, 1.807) is 42.5 Å². The third-order valence-electron chi connectivity index (χ3n) is 3.27. The van der Waals surface area contributed by atoms with E-state index in [9.17, 15) is 9.59 Å². The molecule has 0 aliphatic rings. The molecule has 2 aromatic rings. The van der Waals surface area contributed by atoms with Crippen molar-refractivity contribution in [2.24, 2.45) is 5.10 Å². The van der Waals surface area contributed by atoms with Crippen LogP contribution in [0.4, 0.5) is 0 Å². The van der Waals surface area contributed by atoms with Gasteiger partial charge in [0.2, 0.25) is 0 Å². The highest BCUT2D eigenvalue weighted by molar-refractivity contribution is 5.95. The number of hydrazone groups is 1. The van der Waals surface area contributed by atoms with E-state index in [1.807, 2.05) is 0 Å². The number of nitrogens with zero attached hydrogens (tertiary/aromatic N) is 1. The van der Waals surface area contributed by atoms with Crippen LogP contribution < -0.4 is 19.6 Å². The molecule has 0 atom stereocenters. The number of nitrogens with one attached hydrogen (secondary N) is 1. The lowest BCUT2D eigenvalue weighted by Crippen LogP contribution is -2.17. The molecule has 1 amide bonds. The fourth-order valence-electron chi connectivity index (χ4n) is 2.00. The molecule has 0 unspecified atom stereocenters. The molecule has 136 valence electrons. The van der Waals surface area contributed by atoms with Crippen LogP contribution in [0.1, 0.15) is 15.9 Å². The number of hydrogen-bond donors (Lipinski definition) is 2. The van der Waals surface area contributed by atoms with E-state index < -0.39 is 18.5 Å². The van der Waals surface area contributed by atoms with Crippen LogP contribution in [0.15, 0.2) is 47.6 Å². The number of amides is 1. The van der Waals surface area contributed by atoms with Crippen molar-refractivity contribution >= 4 is 18.1 Å². The summed E-state index contributed by atoms with van der Waals surface area (Å²) in [6, 6.07) is 11.4. The zero-order valence-corrected chi connectivity index (χ0v) is 14.3. The summed E-state index contributed by atoms with van der Waals surface area (Å²) in [6.07, 6.45) is 1.46. The first-order valence-corrected chi connectivity index (χ1v) is 7.53. The molecule has 0 saturated carbocycles. The minimum Gasteiger partial charge on any atom is -0.493 e. The SMILES string of the molecule is COc1ccc(C(=O)N/N=C\c2ccc(OCC(=O)O)cc2)cc1OC. The maximum absolute atomic E-state index is 12.1. The minimum atomic E-state index is -1.05. The number of carboxylic acids is 1. The van der Waals surface area contributed by atoms with Crippen LogP contribution >= 0.6 is 0 Å². The Labute approximate surface area is 150 Å². The second-order valence-electron chi connectivity index (χ2n) is 5.02. The zero-order chi connectivity index (χ0) is 18.9. The number of hydrogen-bond acceptors (Lipinski definition) is 6. The van der Waals surface area contributed by atoms with Gasteiger partial charge in [-0.15, -0.1) is 0 Å². The molecule has 0 aromatic heterocycles. The molecule has 0 bridgehead atoms. The third kappa shape index (κ3) is 5.23. The number of rotatable bonds is 8. The summed E-state index contributed by atoms with van der Waals surface area (Å²) in [6.45, 7) is -0.408. The summed E-state index contributed by atoms with van der Waals surface area (Å²) < 4.78 is 15.3. The second-order valence-corrected chi connectivity index (χ2v) is 5.02. The Balaban J connectivity index is 1.95.